The van der Waals surface area contributed by atoms with Crippen LogP contribution in [-0.4, -0.2) is 21.4 Å². The molecule has 0 saturated heterocycles. The Morgan fingerprint density at radius 2 is 1.87 bits per heavy atom. The number of benzene rings is 1. The second kappa shape index (κ2) is 5.56. The van der Waals surface area contributed by atoms with Crippen molar-refractivity contribution in [2.24, 2.45) is 0 Å². The average molecular weight is 329 g/mol. The molecule has 1 aromatic carbocycles. The van der Waals surface area contributed by atoms with E-state index in [1.807, 2.05) is 0 Å². The summed E-state index contributed by atoms with van der Waals surface area (Å²) in [6.45, 7) is 6.17. The smallest absolute Gasteiger partial charge is 0.419 e. The number of hydrogen-bond donors (Lipinski definition) is 1. The topological polar surface area (TPSA) is 51.5 Å². The first kappa shape index (κ1) is 17.3. The fraction of sp³-hybridized carbons (Fsp3) is 0.438. The quantitative estimate of drug-likeness (QED) is 0.851. The highest BCUT2D eigenvalue weighted by atomic mass is 19.4. The van der Waals surface area contributed by atoms with Gasteiger partial charge in [0.05, 0.1) is 17.7 Å². The Kier molecular flexibility index (Phi) is 4.19. The van der Waals surface area contributed by atoms with E-state index in [-0.39, 0.29) is 16.5 Å². The third-order valence-electron chi connectivity index (χ3n) is 3.40. The number of aromatic nitrogens is 1. The second-order valence-corrected chi connectivity index (χ2v) is 6.27. The summed E-state index contributed by atoms with van der Waals surface area (Å²) < 4.78 is 45.1. The van der Waals surface area contributed by atoms with E-state index in [1.54, 1.807) is 27.7 Å². The van der Waals surface area contributed by atoms with Gasteiger partial charge in [-0.15, -0.1) is 0 Å². The van der Waals surface area contributed by atoms with Crippen molar-refractivity contribution in [1.29, 1.82) is 0 Å². The monoisotopic (exact) mass is 329 g/mol. The van der Waals surface area contributed by atoms with Crippen LogP contribution in [0.5, 0.6) is 0 Å². The Morgan fingerprint density at radius 1 is 1.26 bits per heavy atom. The second-order valence-electron chi connectivity index (χ2n) is 6.27. The number of alkyl halides is 3. The van der Waals surface area contributed by atoms with Gasteiger partial charge < -0.3 is 9.84 Å². The van der Waals surface area contributed by atoms with Crippen molar-refractivity contribution >= 4 is 17.0 Å². The first-order valence-electron chi connectivity index (χ1n) is 7.01. The molecular weight excluding hydrogens is 311 g/mol. The largest absolute Gasteiger partial charge is 0.443 e. The van der Waals surface area contributed by atoms with Gasteiger partial charge in [0.2, 0.25) is 0 Å². The van der Waals surface area contributed by atoms with E-state index in [4.69, 9.17) is 4.74 Å². The van der Waals surface area contributed by atoms with Crippen molar-refractivity contribution in [2.45, 2.75) is 46.1 Å². The number of ether oxygens (including phenoxy) is 1. The van der Waals surface area contributed by atoms with Gasteiger partial charge in [-0.05, 0) is 45.9 Å². The molecular formula is C16H18F3NO3. The van der Waals surface area contributed by atoms with Gasteiger partial charge in [0, 0.05) is 16.6 Å². The summed E-state index contributed by atoms with van der Waals surface area (Å²) in [4.78, 5) is 12.3. The van der Waals surface area contributed by atoms with Crippen molar-refractivity contribution in [3.63, 3.8) is 0 Å². The van der Waals surface area contributed by atoms with Gasteiger partial charge in [-0.3, -0.25) is 0 Å². The Balaban J connectivity index is 2.68. The lowest BCUT2D eigenvalue weighted by atomic mass is 10.1. The van der Waals surface area contributed by atoms with Crippen LogP contribution in [0.25, 0.3) is 10.9 Å². The van der Waals surface area contributed by atoms with Crippen molar-refractivity contribution in [1.82, 2.24) is 4.57 Å². The highest BCUT2D eigenvalue weighted by Crippen LogP contribution is 2.34. The molecule has 0 saturated carbocycles. The number of nitrogens with zero attached hydrogens (tertiary/aromatic N) is 1. The van der Waals surface area contributed by atoms with E-state index >= 15 is 0 Å². The number of hydrogen-bond acceptors (Lipinski definition) is 3. The maximum Gasteiger partial charge on any atom is 0.419 e. The molecule has 1 heterocycles. The lowest BCUT2D eigenvalue weighted by Crippen LogP contribution is -2.27. The molecule has 2 rings (SSSR count). The molecule has 0 aliphatic carbocycles. The Morgan fingerprint density at radius 3 is 2.35 bits per heavy atom. The zero-order valence-electron chi connectivity index (χ0n) is 13.3. The molecule has 7 heteroatoms. The minimum Gasteiger partial charge on any atom is -0.443 e. The molecule has 0 spiro atoms. The lowest BCUT2D eigenvalue weighted by Gasteiger charge is -2.20. The van der Waals surface area contributed by atoms with Gasteiger partial charge in [-0.25, -0.2) is 9.36 Å². The summed E-state index contributed by atoms with van der Waals surface area (Å²) in [5.74, 6) is 0. The predicted octanol–water partition coefficient (Wildman–Crippen LogP) is 4.24. The highest BCUT2D eigenvalue weighted by Gasteiger charge is 2.32. The number of carbonyl (C=O) groups excluding carboxylic acids is 1. The third-order valence-corrected chi connectivity index (χ3v) is 3.40. The van der Waals surface area contributed by atoms with Crippen LogP contribution in [0.3, 0.4) is 0 Å². The van der Waals surface area contributed by atoms with Gasteiger partial charge in [-0.2, -0.15) is 13.2 Å². The molecule has 23 heavy (non-hydrogen) atoms. The molecule has 0 aliphatic rings. The van der Waals surface area contributed by atoms with E-state index in [9.17, 15) is 23.1 Å². The minimum absolute atomic E-state index is 0.186. The maximum absolute atomic E-state index is 12.9. The summed E-state index contributed by atoms with van der Waals surface area (Å²) in [5, 5.41) is 9.68. The zero-order chi connectivity index (χ0) is 17.6. The number of aliphatic hydroxyl groups is 1. The first-order chi connectivity index (χ1) is 10.5. The van der Waals surface area contributed by atoms with Crippen LogP contribution >= 0.6 is 0 Å². The van der Waals surface area contributed by atoms with Crippen LogP contribution in [0, 0.1) is 6.92 Å². The summed E-state index contributed by atoms with van der Waals surface area (Å²) in [6, 6.07) is 3.06. The summed E-state index contributed by atoms with van der Waals surface area (Å²) in [7, 11) is 0. The normalized spacial score (nSPS) is 12.7. The molecule has 0 atom stereocenters. The van der Waals surface area contributed by atoms with Gasteiger partial charge in [0.15, 0.2) is 0 Å². The van der Waals surface area contributed by atoms with Gasteiger partial charge in [0.25, 0.3) is 0 Å². The molecule has 0 radical (unpaired) electrons. The summed E-state index contributed by atoms with van der Waals surface area (Å²) in [5.41, 5.74) is -0.673. The number of carbonyl (C=O) groups is 1. The van der Waals surface area contributed by atoms with Gasteiger partial charge >= 0.3 is 12.3 Å². The SMILES string of the molecule is Cc1c(CO)c2cc(C(F)(F)F)ccc2n1C(=O)OC(C)(C)C. The van der Waals surface area contributed by atoms with Gasteiger partial charge in [-0.1, -0.05) is 0 Å². The fourth-order valence-corrected chi connectivity index (χ4v) is 2.40. The van der Waals surface area contributed by atoms with E-state index in [2.05, 4.69) is 0 Å². The van der Waals surface area contributed by atoms with Crippen LogP contribution in [-0.2, 0) is 17.5 Å². The van der Waals surface area contributed by atoms with E-state index in [0.717, 1.165) is 12.1 Å². The van der Waals surface area contributed by atoms with Gasteiger partial charge in [0.1, 0.15) is 5.60 Å². The summed E-state index contributed by atoms with van der Waals surface area (Å²) >= 11 is 0. The van der Waals surface area contributed by atoms with Crippen molar-refractivity contribution in [3.05, 3.63) is 35.0 Å². The number of fused-ring (bicyclic) bond motifs is 1. The third kappa shape index (κ3) is 3.34. The molecule has 0 unspecified atom stereocenters. The molecule has 126 valence electrons. The maximum atomic E-state index is 12.9. The average Bonchev–Trinajstić information content (AvgIpc) is 2.66. The van der Waals surface area contributed by atoms with Crippen LogP contribution in [0.2, 0.25) is 0 Å². The standard InChI is InChI=1S/C16H18F3NO3/c1-9-12(8-21)11-7-10(16(17,18)19)5-6-13(11)20(9)14(22)23-15(2,3)4/h5-7,21H,8H2,1-4H3. The molecule has 0 amide bonds. The molecule has 1 aromatic heterocycles. The Hall–Kier alpha value is -2.02. The van der Waals surface area contributed by atoms with E-state index in [1.165, 1.54) is 10.6 Å². The number of aliphatic hydroxyl groups excluding tert-OH is 1. The number of halogens is 3. The van der Waals surface area contributed by atoms with Crippen LogP contribution in [0.1, 0.15) is 37.6 Å². The Bertz CT molecular complexity index is 754. The Labute approximate surface area is 131 Å². The summed E-state index contributed by atoms with van der Waals surface area (Å²) in [6.07, 6.45) is -5.19. The van der Waals surface area contributed by atoms with Crippen LogP contribution < -0.4 is 0 Å². The van der Waals surface area contributed by atoms with Crippen molar-refractivity contribution < 1.29 is 27.8 Å². The molecule has 0 fully saturated rings. The molecule has 0 bridgehead atoms. The van der Waals surface area contributed by atoms with E-state index in [0.29, 0.717) is 5.69 Å². The zero-order valence-corrected chi connectivity index (χ0v) is 13.3. The van der Waals surface area contributed by atoms with Crippen molar-refractivity contribution in [2.75, 3.05) is 0 Å². The highest BCUT2D eigenvalue weighted by molar-refractivity contribution is 5.94. The molecule has 2 aromatic rings. The van der Waals surface area contributed by atoms with Crippen LogP contribution in [0.15, 0.2) is 18.2 Å². The van der Waals surface area contributed by atoms with E-state index < -0.39 is 30.0 Å². The molecule has 4 nitrogen and oxygen atoms in total. The minimum atomic E-state index is -4.50. The number of rotatable bonds is 1. The molecule has 1 N–H and O–H groups in total. The fourth-order valence-electron chi connectivity index (χ4n) is 2.40. The van der Waals surface area contributed by atoms with Crippen LogP contribution in [0.4, 0.5) is 18.0 Å². The first-order valence-corrected chi connectivity index (χ1v) is 7.01. The van der Waals surface area contributed by atoms with Crippen molar-refractivity contribution in [3.8, 4) is 0 Å². The lowest BCUT2D eigenvalue weighted by molar-refractivity contribution is -0.137. The predicted molar refractivity (Wildman–Crippen MR) is 79.2 cm³/mol. The molecule has 0 aliphatic heterocycles.